The van der Waals surface area contributed by atoms with E-state index in [0.29, 0.717) is 5.69 Å². The predicted molar refractivity (Wildman–Crippen MR) is 78.4 cm³/mol. The second-order valence-electron chi connectivity index (χ2n) is 4.98. The summed E-state index contributed by atoms with van der Waals surface area (Å²) >= 11 is 0. The van der Waals surface area contributed by atoms with E-state index in [4.69, 9.17) is 5.11 Å². The van der Waals surface area contributed by atoms with Crippen LogP contribution in [0.1, 0.15) is 34.5 Å². The summed E-state index contributed by atoms with van der Waals surface area (Å²) in [6.45, 7) is 5.64. The Morgan fingerprint density at radius 3 is 2.57 bits per heavy atom. The molecule has 1 unspecified atom stereocenters. The highest BCUT2D eigenvalue weighted by Crippen LogP contribution is 2.16. The van der Waals surface area contributed by atoms with Crippen molar-refractivity contribution in [2.75, 3.05) is 5.32 Å². The molecule has 1 heterocycles. The number of carbonyl (C=O) groups is 2. The Kier molecular flexibility index (Phi) is 4.07. The van der Waals surface area contributed by atoms with Gasteiger partial charge in [-0.15, -0.1) is 0 Å². The van der Waals surface area contributed by atoms with Gasteiger partial charge >= 0.3 is 5.97 Å². The number of carbonyl (C=O) groups excluding carboxylic acids is 1. The zero-order valence-corrected chi connectivity index (χ0v) is 12.1. The number of nitrogens with one attached hydrogen (secondary N) is 1. The summed E-state index contributed by atoms with van der Waals surface area (Å²) in [5, 5.41) is 15.6. The lowest BCUT2D eigenvalue weighted by atomic mass is 10.1. The SMILES string of the molecule is Cc1ccc(NC(=O)C(C)n2cc(C(=O)O)cn2)cc1C. The van der Waals surface area contributed by atoms with Gasteiger partial charge in [-0.25, -0.2) is 4.79 Å². The van der Waals surface area contributed by atoms with Gasteiger partial charge in [0.25, 0.3) is 0 Å². The van der Waals surface area contributed by atoms with Crippen LogP contribution < -0.4 is 5.32 Å². The summed E-state index contributed by atoms with van der Waals surface area (Å²) in [5.41, 5.74) is 3.01. The minimum absolute atomic E-state index is 0.0563. The van der Waals surface area contributed by atoms with E-state index in [-0.39, 0.29) is 11.5 Å². The topological polar surface area (TPSA) is 84.2 Å². The molecular formula is C15H17N3O3. The largest absolute Gasteiger partial charge is 0.478 e. The van der Waals surface area contributed by atoms with Crippen molar-refractivity contribution in [3.05, 3.63) is 47.3 Å². The molecule has 0 aliphatic heterocycles. The van der Waals surface area contributed by atoms with Crippen molar-refractivity contribution in [1.29, 1.82) is 0 Å². The monoisotopic (exact) mass is 287 g/mol. The lowest BCUT2D eigenvalue weighted by molar-refractivity contribution is -0.119. The van der Waals surface area contributed by atoms with Gasteiger partial charge in [0.15, 0.2) is 0 Å². The van der Waals surface area contributed by atoms with E-state index in [9.17, 15) is 9.59 Å². The number of aromatic carboxylic acids is 1. The van der Waals surface area contributed by atoms with E-state index in [0.717, 1.165) is 11.1 Å². The molecular weight excluding hydrogens is 270 g/mol. The first-order chi connectivity index (χ1) is 9.88. The van der Waals surface area contributed by atoms with Crippen LogP contribution in [0.25, 0.3) is 0 Å². The molecule has 0 bridgehead atoms. The van der Waals surface area contributed by atoms with Crippen LogP contribution >= 0.6 is 0 Å². The molecule has 0 aliphatic carbocycles. The van der Waals surface area contributed by atoms with E-state index >= 15 is 0 Å². The molecule has 21 heavy (non-hydrogen) atoms. The zero-order valence-electron chi connectivity index (χ0n) is 12.1. The first-order valence-corrected chi connectivity index (χ1v) is 6.54. The van der Waals surface area contributed by atoms with Crippen LogP contribution in [0.2, 0.25) is 0 Å². The van der Waals surface area contributed by atoms with E-state index < -0.39 is 12.0 Å². The molecule has 2 aromatic rings. The Hall–Kier alpha value is -2.63. The number of anilines is 1. The molecule has 0 fully saturated rings. The first kappa shape index (κ1) is 14.8. The normalized spacial score (nSPS) is 12.0. The van der Waals surface area contributed by atoms with Crippen LogP contribution in [0.5, 0.6) is 0 Å². The smallest absolute Gasteiger partial charge is 0.338 e. The minimum Gasteiger partial charge on any atom is -0.478 e. The Balaban J connectivity index is 2.11. The van der Waals surface area contributed by atoms with Crippen LogP contribution in [0.4, 0.5) is 5.69 Å². The van der Waals surface area contributed by atoms with Gasteiger partial charge in [0.1, 0.15) is 6.04 Å². The number of hydrogen-bond acceptors (Lipinski definition) is 3. The lowest BCUT2D eigenvalue weighted by Gasteiger charge is -2.13. The van der Waals surface area contributed by atoms with Gasteiger partial charge in [-0.3, -0.25) is 9.48 Å². The second kappa shape index (κ2) is 5.78. The fourth-order valence-corrected chi connectivity index (χ4v) is 1.85. The Morgan fingerprint density at radius 2 is 2.00 bits per heavy atom. The number of nitrogens with zero attached hydrogens (tertiary/aromatic N) is 2. The third kappa shape index (κ3) is 3.28. The van der Waals surface area contributed by atoms with E-state index in [1.54, 1.807) is 6.92 Å². The molecule has 1 atom stereocenters. The van der Waals surface area contributed by atoms with E-state index in [1.165, 1.54) is 17.1 Å². The fraction of sp³-hybridized carbons (Fsp3) is 0.267. The Bertz CT molecular complexity index is 691. The number of carboxylic acids is 1. The summed E-state index contributed by atoms with van der Waals surface area (Å²) in [6.07, 6.45) is 2.56. The summed E-state index contributed by atoms with van der Waals surface area (Å²) in [6, 6.07) is 5.07. The number of hydrogen-bond donors (Lipinski definition) is 2. The Labute approximate surface area is 122 Å². The van der Waals surface area contributed by atoms with Crippen molar-refractivity contribution in [1.82, 2.24) is 9.78 Å². The van der Waals surface area contributed by atoms with Crippen molar-refractivity contribution in [2.24, 2.45) is 0 Å². The third-order valence-corrected chi connectivity index (χ3v) is 3.40. The molecule has 1 aromatic heterocycles. The molecule has 0 saturated carbocycles. The summed E-state index contributed by atoms with van der Waals surface area (Å²) in [5.74, 6) is -1.32. The van der Waals surface area contributed by atoms with Crippen LogP contribution in [-0.2, 0) is 4.79 Å². The minimum atomic E-state index is -1.07. The standard InChI is InChI=1S/C15H17N3O3/c1-9-4-5-13(6-10(9)2)17-14(19)11(3)18-8-12(7-16-18)15(20)21/h4-8,11H,1-3H3,(H,17,19)(H,20,21). The highest BCUT2D eigenvalue weighted by atomic mass is 16.4. The van der Waals surface area contributed by atoms with Gasteiger partial charge in [0, 0.05) is 11.9 Å². The third-order valence-electron chi connectivity index (χ3n) is 3.40. The summed E-state index contributed by atoms with van der Waals surface area (Å²) in [4.78, 5) is 23.0. The van der Waals surface area contributed by atoms with Crippen LogP contribution in [0, 0.1) is 13.8 Å². The van der Waals surface area contributed by atoms with Crippen LogP contribution in [0.3, 0.4) is 0 Å². The van der Waals surface area contributed by atoms with Crippen molar-refractivity contribution in [3.8, 4) is 0 Å². The lowest BCUT2D eigenvalue weighted by Crippen LogP contribution is -2.24. The molecule has 6 heteroatoms. The fourth-order valence-electron chi connectivity index (χ4n) is 1.85. The van der Waals surface area contributed by atoms with Crippen molar-refractivity contribution >= 4 is 17.6 Å². The molecule has 0 aliphatic rings. The number of rotatable bonds is 4. The number of carboxylic acid groups (broad SMARTS) is 1. The molecule has 6 nitrogen and oxygen atoms in total. The molecule has 1 amide bonds. The van der Waals surface area contributed by atoms with E-state index in [1.807, 2.05) is 32.0 Å². The number of benzene rings is 1. The van der Waals surface area contributed by atoms with E-state index in [2.05, 4.69) is 10.4 Å². The first-order valence-electron chi connectivity index (χ1n) is 6.54. The number of aryl methyl sites for hydroxylation is 2. The second-order valence-corrected chi connectivity index (χ2v) is 4.98. The molecule has 2 rings (SSSR count). The molecule has 2 N–H and O–H groups in total. The van der Waals surface area contributed by atoms with Gasteiger partial charge in [-0.05, 0) is 44.0 Å². The predicted octanol–water partition coefficient (Wildman–Crippen LogP) is 2.40. The molecule has 0 radical (unpaired) electrons. The van der Waals surface area contributed by atoms with Gasteiger partial charge in [0.05, 0.1) is 11.8 Å². The maximum absolute atomic E-state index is 12.2. The zero-order chi connectivity index (χ0) is 15.6. The molecule has 1 aromatic carbocycles. The van der Waals surface area contributed by atoms with Gasteiger partial charge in [-0.1, -0.05) is 6.07 Å². The molecule has 0 saturated heterocycles. The molecule has 110 valence electrons. The Morgan fingerprint density at radius 1 is 1.29 bits per heavy atom. The average molecular weight is 287 g/mol. The number of amides is 1. The van der Waals surface area contributed by atoms with Crippen LogP contribution in [-0.4, -0.2) is 26.8 Å². The van der Waals surface area contributed by atoms with Crippen molar-refractivity contribution < 1.29 is 14.7 Å². The van der Waals surface area contributed by atoms with Crippen LogP contribution in [0.15, 0.2) is 30.6 Å². The van der Waals surface area contributed by atoms with Gasteiger partial charge in [0.2, 0.25) is 5.91 Å². The quantitative estimate of drug-likeness (QED) is 0.904. The molecule has 0 spiro atoms. The van der Waals surface area contributed by atoms with Gasteiger partial charge in [-0.2, -0.15) is 5.10 Å². The summed E-state index contributed by atoms with van der Waals surface area (Å²) < 4.78 is 1.33. The van der Waals surface area contributed by atoms with Crippen molar-refractivity contribution in [2.45, 2.75) is 26.8 Å². The average Bonchev–Trinajstić information content (AvgIpc) is 2.92. The number of aromatic nitrogens is 2. The van der Waals surface area contributed by atoms with Gasteiger partial charge < -0.3 is 10.4 Å². The van der Waals surface area contributed by atoms with Crippen molar-refractivity contribution in [3.63, 3.8) is 0 Å². The highest BCUT2D eigenvalue weighted by Gasteiger charge is 2.17. The maximum Gasteiger partial charge on any atom is 0.338 e. The maximum atomic E-state index is 12.2. The summed E-state index contributed by atoms with van der Waals surface area (Å²) in [7, 11) is 0. The highest BCUT2D eigenvalue weighted by molar-refractivity contribution is 5.93.